The molecule has 0 aliphatic heterocycles. The molecule has 2 aliphatic rings. The van der Waals surface area contributed by atoms with Crippen LogP contribution in [0.3, 0.4) is 0 Å². The van der Waals surface area contributed by atoms with E-state index in [2.05, 4.69) is 35.5 Å². The van der Waals surface area contributed by atoms with Gasteiger partial charge in [0.1, 0.15) is 5.69 Å². The maximum Gasteiger partial charge on any atom is 0.181 e. The second kappa shape index (κ2) is 5.31. The zero-order valence-corrected chi connectivity index (χ0v) is 14.2. The first-order valence-corrected chi connectivity index (χ1v) is 8.58. The van der Waals surface area contributed by atoms with Crippen LogP contribution in [0.5, 0.6) is 0 Å². The Hall–Kier alpha value is -2.41. The smallest absolute Gasteiger partial charge is 0.181 e. The highest BCUT2D eigenvalue weighted by Crippen LogP contribution is 2.37. The van der Waals surface area contributed by atoms with Crippen LogP contribution in [0.15, 0.2) is 24.5 Å². The maximum atomic E-state index is 12.7. The monoisotopic (exact) mass is 319 g/mol. The highest BCUT2D eigenvalue weighted by molar-refractivity contribution is 5.97. The van der Waals surface area contributed by atoms with Crippen molar-refractivity contribution in [1.29, 1.82) is 5.26 Å². The van der Waals surface area contributed by atoms with Crippen molar-refractivity contribution in [3.8, 4) is 6.07 Å². The van der Waals surface area contributed by atoms with Gasteiger partial charge in [0.2, 0.25) is 0 Å². The molecule has 1 atom stereocenters. The summed E-state index contributed by atoms with van der Waals surface area (Å²) in [5.41, 5.74) is 5.08. The first kappa shape index (κ1) is 15.1. The van der Waals surface area contributed by atoms with Crippen molar-refractivity contribution in [2.75, 3.05) is 0 Å². The van der Waals surface area contributed by atoms with Crippen LogP contribution >= 0.6 is 0 Å². The molecular weight excluding hydrogens is 298 g/mol. The van der Waals surface area contributed by atoms with E-state index in [-0.39, 0.29) is 17.2 Å². The summed E-state index contributed by atoms with van der Waals surface area (Å²) >= 11 is 0. The number of carbonyl (C=O) groups excluding carboxylic acids is 1. The van der Waals surface area contributed by atoms with E-state index >= 15 is 0 Å². The van der Waals surface area contributed by atoms with Gasteiger partial charge in [-0.1, -0.05) is 19.9 Å². The molecular formula is C20H21N3O. The van der Waals surface area contributed by atoms with Crippen molar-refractivity contribution in [3.63, 3.8) is 0 Å². The van der Waals surface area contributed by atoms with E-state index in [1.54, 1.807) is 0 Å². The highest BCUT2D eigenvalue weighted by atomic mass is 16.1. The molecule has 24 heavy (non-hydrogen) atoms. The first-order chi connectivity index (χ1) is 11.5. The average molecular weight is 319 g/mol. The highest BCUT2D eigenvalue weighted by Gasteiger charge is 2.36. The standard InChI is InChI=1S/C20H21N3O/c1-20(2)9-17-19(18(24)10-20)23(12-22-17)16-6-5-14-7-13(11-21)3-4-15(14)8-16/h3-4,7,12,16H,5-6,8-10H2,1-2H3. The van der Waals surface area contributed by atoms with Crippen molar-refractivity contribution in [1.82, 2.24) is 9.55 Å². The quantitative estimate of drug-likeness (QED) is 0.806. The molecule has 2 aromatic rings. The SMILES string of the molecule is CC1(C)CC(=O)c2c(ncn2C2CCc3cc(C#N)ccc3C2)C1. The zero-order chi connectivity index (χ0) is 16.9. The number of ketones is 1. The molecule has 0 fully saturated rings. The number of Topliss-reactive ketones (excluding diaryl/α,β-unsaturated/α-hetero) is 1. The summed E-state index contributed by atoms with van der Waals surface area (Å²) in [6.45, 7) is 4.27. The van der Waals surface area contributed by atoms with Gasteiger partial charge in [-0.25, -0.2) is 4.98 Å². The molecule has 1 heterocycles. The molecule has 4 nitrogen and oxygen atoms in total. The Bertz CT molecular complexity index is 869. The predicted octanol–water partition coefficient (Wildman–Crippen LogP) is 3.64. The van der Waals surface area contributed by atoms with Gasteiger partial charge in [0.15, 0.2) is 5.78 Å². The van der Waals surface area contributed by atoms with Crippen LogP contribution in [0, 0.1) is 16.7 Å². The number of carbonyl (C=O) groups is 1. The maximum absolute atomic E-state index is 12.7. The van der Waals surface area contributed by atoms with Crippen molar-refractivity contribution in [3.05, 3.63) is 52.6 Å². The Morgan fingerprint density at radius 2 is 2.12 bits per heavy atom. The van der Waals surface area contributed by atoms with Crippen molar-refractivity contribution < 1.29 is 4.79 Å². The lowest BCUT2D eigenvalue weighted by molar-refractivity contribution is 0.0897. The lowest BCUT2D eigenvalue weighted by atomic mass is 9.77. The largest absolute Gasteiger partial charge is 0.324 e. The number of nitriles is 1. The van der Waals surface area contributed by atoms with Crippen LogP contribution in [-0.4, -0.2) is 15.3 Å². The third-order valence-electron chi connectivity index (χ3n) is 5.35. The van der Waals surface area contributed by atoms with Gasteiger partial charge >= 0.3 is 0 Å². The van der Waals surface area contributed by atoms with Crippen molar-refractivity contribution >= 4 is 5.78 Å². The minimum absolute atomic E-state index is 0.0100. The second-order valence-electron chi connectivity index (χ2n) is 7.88. The Labute approximate surface area is 142 Å². The summed E-state index contributed by atoms with van der Waals surface area (Å²) in [7, 11) is 0. The van der Waals surface area contributed by atoms with Gasteiger partial charge in [0.05, 0.1) is 23.7 Å². The fraction of sp³-hybridized carbons (Fsp3) is 0.450. The molecule has 122 valence electrons. The van der Waals surface area contributed by atoms with Crippen LogP contribution < -0.4 is 0 Å². The van der Waals surface area contributed by atoms with E-state index in [1.165, 1.54) is 11.1 Å². The number of fused-ring (bicyclic) bond motifs is 2. The lowest BCUT2D eigenvalue weighted by Gasteiger charge is -2.31. The summed E-state index contributed by atoms with van der Waals surface area (Å²) < 4.78 is 2.12. The number of aryl methyl sites for hydroxylation is 1. The van der Waals surface area contributed by atoms with Crippen LogP contribution in [0.2, 0.25) is 0 Å². The predicted molar refractivity (Wildman–Crippen MR) is 90.9 cm³/mol. The molecule has 1 aromatic heterocycles. The Balaban J connectivity index is 1.66. The van der Waals surface area contributed by atoms with Crippen LogP contribution in [-0.2, 0) is 19.3 Å². The zero-order valence-electron chi connectivity index (χ0n) is 14.2. The Morgan fingerprint density at radius 1 is 1.29 bits per heavy atom. The van der Waals surface area contributed by atoms with E-state index in [4.69, 9.17) is 5.26 Å². The first-order valence-electron chi connectivity index (χ1n) is 8.58. The number of hydrogen-bond donors (Lipinski definition) is 0. The van der Waals surface area contributed by atoms with Gasteiger partial charge in [-0.2, -0.15) is 5.26 Å². The van der Waals surface area contributed by atoms with Crippen LogP contribution in [0.4, 0.5) is 0 Å². The number of benzene rings is 1. The van der Waals surface area contributed by atoms with E-state index < -0.39 is 0 Å². The Kier molecular flexibility index (Phi) is 3.35. The van der Waals surface area contributed by atoms with Gasteiger partial charge in [0, 0.05) is 12.5 Å². The van der Waals surface area contributed by atoms with Crippen molar-refractivity contribution in [2.45, 2.75) is 52.0 Å². The van der Waals surface area contributed by atoms with Gasteiger partial charge in [-0.05, 0) is 54.4 Å². The normalized spacial score (nSPS) is 21.7. The molecule has 0 spiro atoms. The van der Waals surface area contributed by atoms with Gasteiger partial charge in [-0.15, -0.1) is 0 Å². The van der Waals surface area contributed by atoms with E-state index in [9.17, 15) is 4.79 Å². The van der Waals surface area contributed by atoms with Gasteiger partial charge < -0.3 is 4.57 Å². The van der Waals surface area contributed by atoms with E-state index in [0.717, 1.165) is 42.6 Å². The Morgan fingerprint density at radius 3 is 2.92 bits per heavy atom. The molecule has 0 bridgehead atoms. The lowest BCUT2D eigenvalue weighted by Crippen LogP contribution is -2.30. The van der Waals surface area contributed by atoms with Crippen molar-refractivity contribution in [2.24, 2.45) is 5.41 Å². The molecule has 4 rings (SSSR count). The average Bonchev–Trinajstić information content (AvgIpc) is 2.96. The number of aromatic nitrogens is 2. The number of rotatable bonds is 1. The molecule has 0 saturated heterocycles. The van der Waals surface area contributed by atoms with Gasteiger partial charge in [-0.3, -0.25) is 4.79 Å². The molecule has 0 N–H and O–H groups in total. The number of imidazole rings is 1. The third kappa shape index (κ3) is 2.45. The topological polar surface area (TPSA) is 58.7 Å². The summed E-state index contributed by atoms with van der Waals surface area (Å²) in [6.07, 6.45) is 6.17. The van der Waals surface area contributed by atoms with E-state index in [1.807, 2.05) is 18.5 Å². The molecule has 1 unspecified atom stereocenters. The minimum atomic E-state index is 0.0100. The third-order valence-corrected chi connectivity index (χ3v) is 5.35. The molecule has 0 saturated carbocycles. The summed E-state index contributed by atoms with van der Waals surface area (Å²) in [5.74, 6) is 0.226. The summed E-state index contributed by atoms with van der Waals surface area (Å²) in [5, 5.41) is 9.05. The molecule has 0 radical (unpaired) electrons. The number of nitrogens with zero attached hydrogens (tertiary/aromatic N) is 3. The minimum Gasteiger partial charge on any atom is -0.324 e. The van der Waals surface area contributed by atoms with Gasteiger partial charge in [0.25, 0.3) is 0 Å². The molecule has 0 amide bonds. The second-order valence-corrected chi connectivity index (χ2v) is 7.88. The van der Waals surface area contributed by atoms with Crippen LogP contribution in [0.1, 0.15) is 65.6 Å². The fourth-order valence-electron chi connectivity index (χ4n) is 4.19. The fourth-order valence-corrected chi connectivity index (χ4v) is 4.19. The molecule has 2 aliphatic carbocycles. The summed E-state index contributed by atoms with van der Waals surface area (Å²) in [4.78, 5) is 17.2. The molecule has 4 heteroatoms. The summed E-state index contributed by atoms with van der Waals surface area (Å²) in [6, 6.07) is 8.45. The van der Waals surface area contributed by atoms with E-state index in [0.29, 0.717) is 6.42 Å². The molecule has 1 aromatic carbocycles. The van der Waals surface area contributed by atoms with Crippen LogP contribution in [0.25, 0.3) is 0 Å². The number of hydrogen-bond acceptors (Lipinski definition) is 3.